The number of primary amides is 1. The molecular weight excluding hydrogens is 434 g/mol. The van der Waals surface area contributed by atoms with Gasteiger partial charge in [-0.15, -0.1) is 0 Å². The predicted molar refractivity (Wildman–Crippen MR) is 141 cm³/mol. The summed E-state index contributed by atoms with van der Waals surface area (Å²) in [4.78, 5) is 18.5. The van der Waals surface area contributed by atoms with E-state index in [0.717, 1.165) is 65.8 Å². The third-order valence-corrected chi connectivity index (χ3v) is 7.56. The predicted octanol–water partition coefficient (Wildman–Crippen LogP) is 4.76. The quantitative estimate of drug-likeness (QED) is 0.264. The Hall–Kier alpha value is -3.44. The summed E-state index contributed by atoms with van der Waals surface area (Å²) in [5, 5.41) is 4.29. The number of oxime groups is 1. The molecule has 1 heterocycles. The Morgan fingerprint density at radius 1 is 0.971 bits per heavy atom. The molecule has 0 spiro atoms. The number of hydrogen-bond donors (Lipinski definition) is 1. The van der Waals surface area contributed by atoms with Gasteiger partial charge in [-0.1, -0.05) is 96.2 Å². The molecule has 3 aromatic carbocycles. The van der Waals surface area contributed by atoms with Gasteiger partial charge >= 0.3 is 0 Å². The SMILES string of the molecule is CON=C(CCC[N@@+]1(C)CCC(C(C(N)=O)(c2ccccc2)c2ccccc2)C1)c1ccccc1. The molecular formula is C30H36N3O2+. The zero-order valence-electron chi connectivity index (χ0n) is 20.8. The van der Waals surface area contributed by atoms with E-state index >= 15 is 0 Å². The molecule has 35 heavy (non-hydrogen) atoms. The van der Waals surface area contributed by atoms with Crippen LogP contribution in [-0.4, -0.2) is 49.9 Å². The fourth-order valence-corrected chi connectivity index (χ4v) is 5.88. The highest BCUT2D eigenvalue weighted by molar-refractivity contribution is 6.00. The van der Waals surface area contributed by atoms with Crippen LogP contribution in [0.25, 0.3) is 0 Å². The highest BCUT2D eigenvalue weighted by Crippen LogP contribution is 2.45. The van der Waals surface area contributed by atoms with Crippen molar-refractivity contribution in [3.63, 3.8) is 0 Å². The molecule has 0 aliphatic carbocycles. The molecule has 182 valence electrons. The van der Waals surface area contributed by atoms with E-state index in [2.05, 4.69) is 24.3 Å². The topological polar surface area (TPSA) is 64.7 Å². The highest BCUT2D eigenvalue weighted by Gasteiger charge is 2.53. The van der Waals surface area contributed by atoms with E-state index in [-0.39, 0.29) is 11.8 Å². The third kappa shape index (κ3) is 5.15. The van der Waals surface area contributed by atoms with Crippen LogP contribution in [0.1, 0.15) is 36.0 Å². The van der Waals surface area contributed by atoms with Gasteiger partial charge in [0.2, 0.25) is 5.91 Å². The van der Waals surface area contributed by atoms with Gasteiger partial charge in [-0.25, -0.2) is 0 Å². The van der Waals surface area contributed by atoms with Crippen molar-refractivity contribution < 1.29 is 14.1 Å². The monoisotopic (exact) mass is 470 g/mol. The van der Waals surface area contributed by atoms with Gasteiger partial charge in [0.25, 0.3) is 0 Å². The lowest BCUT2D eigenvalue weighted by Gasteiger charge is -2.38. The van der Waals surface area contributed by atoms with Crippen LogP contribution < -0.4 is 5.73 Å². The summed E-state index contributed by atoms with van der Waals surface area (Å²) < 4.78 is 0.911. The third-order valence-electron chi connectivity index (χ3n) is 7.56. The van der Waals surface area contributed by atoms with Crippen LogP contribution >= 0.6 is 0 Å². The first-order valence-electron chi connectivity index (χ1n) is 12.4. The van der Waals surface area contributed by atoms with E-state index < -0.39 is 5.41 Å². The Morgan fingerprint density at radius 3 is 2.03 bits per heavy atom. The first-order chi connectivity index (χ1) is 17.0. The summed E-state index contributed by atoms with van der Waals surface area (Å²) in [5.41, 5.74) is 9.45. The number of rotatable bonds is 10. The smallest absolute Gasteiger partial charge is 0.233 e. The molecule has 0 saturated carbocycles. The highest BCUT2D eigenvalue weighted by atomic mass is 16.6. The molecule has 5 nitrogen and oxygen atoms in total. The van der Waals surface area contributed by atoms with Crippen LogP contribution in [0.4, 0.5) is 0 Å². The summed E-state index contributed by atoms with van der Waals surface area (Å²) in [6.07, 6.45) is 2.77. The fourth-order valence-electron chi connectivity index (χ4n) is 5.88. The van der Waals surface area contributed by atoms with Gasteiger partial charge in [0.1, 0.15) is 12.5 Å². The first-order valence-corrected chi connectivity index (χ1v) is 12.4. The lowest BCUT2D eigenvalue weighted by Crippen LogP contribution is -2.51. The Labute approximate surface area is 208 Å². The van der Waals surface area contributed by atoms with E-state index in [1.807, 2.05) is 78.9 Å². The van der Waals surface area contributed by atoms with Gasteiger partial charge in [0, 0.05) is 18.8 Å². The van der Waals surface area contributed by atoms with Gasteiger partial charge in [-0.2, -0.15) is 0 Å². The van der Waals surface area contributed by atoms with Gasteiger partial charge in [-0.05, 0) is 23.1 Å². The van der Waals surface area contributed by atoms with Crippen molar-refractivity contribution in [2.75, 3.05) is 33.8 Å². The van der Waals surface area contributed by atoms with Gasteiger partial charge in [0.15, 0.2) is 0 Å². The molecule has 0 radical (unpaired) electrons. The molecule has 5 heteroatoms. The van der Waals surface area contributed by atoms with E-state index in [1.165, 1.54) is 0 Å². The number of amides is 1. The summed E-state index contributed by atoms with van der Waals surface area (Å²) in [7, 11) is 3.90. The van der Waals surface area contributed by atoms with Crippen LogP contribution in [0.5, 0.6) is 0 Å². The number of carbonyl (C=O) groups excluding carboxylic acids is 1. The number of nitrogens with zero attached hydrogens (tertiary/aromatic N) is 2. The van der Waals surface area contributed by atoms with Gasteiger partial charge < -0.3 is 15.1 Å². The summed E-state index contributed by atoms with van der Waals surface area (Å²) in [5.74, 6) is -0.150. The molecule has 4 rings (SSSR count). The van der Waals surface area contributed by atoms with Crippen molar-refractivity contribution in [1.82, 2.24) is 0 Å². The second kappa shape index (κ2) is 10.9. The first kappa shape index (κ1) is 24.7. The summed E-state index contributed by atoms with van der Waals surface area (Å²) >= 11 is 0. The number of hydrogen-bond acceptors (Lipinski definition) is 3. The Morgan fingerprint density at radius 2 is 1.51 bits per heavy atom. The number of carbonyl (C=O) groups is 1. The summed E-state index contributed by atoms with van der Waals surface area (Å²) in [6, 6.07) is 30.4. The van der Waals surface area contributed by atoms with Gasteiger partial charge in [0.05, 0.1) is 32.4 Å². The van der Waals surface area contributed by atoms with Crippen LogP contribution in [0.15, 0.2) is 96.2 Å². The van der Waals surface area contributed by atoms with Crippen LogP contribution in [-0.2, 0) is 15.0 Å². The maximum atomic E-state index is 13.3. The molecule has 0 bridgehead atoms. The van der Waals surface area contributed by atoms with E-state index in [1.54, 1.807) is 7.11 Å². The van der Waals surface area contributed by atoms with Crippen LogP contribution in [0.2, 0.25) is 0 Å². The maximum absolute atomic E-state index is 13.3. The largest absolute Gasteiger partial charge is 0.399 e. The van der Waals surface area contributed by atoms with E-state index in [9.17, 15) is 4.79 Å². The molecule has 2 atom stereocenters. The van der Waals surface area contributed by atoms with Crippen molar-refractivity contribution in [3.8, 4) is 0 Å². The van der Waals surface area contributed by atoms with Crippen LogP contribution in [0, 0.1) is 5.92 Å². The lowest BCUT2D eigenvalue weighted by atomic mass is 9.64. The van der Waals surface area contributed by atoms with E-state index in [0.29, 0.717) is 0 Å². The number of likely N-dealkylation sites (tertiary alicyclic amines) is 1. The molecule has 1 unspecified atom stereocenters. The maximum Gasteiger partial charge on any atom is 0.233 e. The molecule has 0 aromatic heterocycles. The average Bonchev–Trinajstić information content (AvgIpc) is 3.27. The number of quaternary nitrogens is 1. The lowest BCUT2D eigenvalue weighted by molar-refractivity contribution is -0.899. The van der Waals surface area contributed by atoms with Crippen molar-refractivity contribution in [2.45, 2.75) is 24.7 Å². The Kier molecular flexibility index (Phi) is 7.67. The number of nitrogens with two attached hydrogens (primary N) is 1. The molecule has 1 fully saturated rings. The second-order valence-electron chi connectivity index (χ2n) is 9.83. The normalized spacial score (nSPS) is 20.5. The molecule has 1 amide bonds. The summed E-state index contributed by atoms with van der Waals surface area (Å²) in [6.45, 7) is 2.92. The molecule has 2 N–H and O–H groups in total. The zero-order chi connectivity index (χ0) is 24.7. The molecule has 1 saturated heterocycles. The minimum absolute atomic E-state index is 0.121. The van der Waals surface area contributed by atoms with Crippen molar-refractivity contribution in [1.29, 1.82) is 0 Å². The van der Waals surface area contributed by atoms with Gasteiger partial charge in [-0.3, -0.25) is 4.79 Å². The number of benzene rings is 3. The fraction of sp³-hybridized carbons (Fsp3) is 0.333. The van der Waals surface area contributed by atoms with Crippen LogP contribution in [0.3, 0.4) is 0 Å². The van der Waals surface area contributed by atoms with Crippen molar-refractivity contribution in [3.05, 3.63) is 108 Å². The second-order valence-corrected chi connectivity index (χ2v) is 9.83. The minimum atomic E-state index is -0.842. The Bertz CT molecular complexity index is 1090. The average molecular weight is 471 g/mol. The Balaban J connectivity index is 1.55. The molecule has 1 aliphatic rings. The molecule has 1 aliphatic heterocycles. The van der Waals surface area contributed by atoms with Crippen molar-refractivity contribution in [2.24, 2.45) is 16.8 Å². The molecule has 3 aromatic rings. The standard InChI is InChI=1S/C30H35N3O2/c1-33(21-12-19-28(32-35-2)24-13-6-3-7-14-24)22-20-27(23-33)30(29(31)34,25-15-8-4-9-16-25)26-17-10-5-11-18-26/h3-11,13-18,27H,12,19-23H2,1-2H3,(H-,31,34)/p+1/t27?,33-/m0/s1. The van der Waals surface area contributed by atoms with Crippen molar-refractivity contribution >= 4 is 11.6 Å². The van der Waals surface area contributed by atoms with E-state index in [4.69, 9.17) is 10.6 Å². The minimum Gasteiger partial charge on any atom is -0.399 e. The zero-order valence-corrected chi connectivity index (χ0v) is 20.8.